The Bertz CT molecular complexity index is 363. The van der Waals surface area contributed by atoms with Crippen molar-refractivity contribution in [3.05, 3.63) is 28.8 Å². The van der Waals surface area contributed by atoms with Crippen molar-refractivity contribution in [2.45, 2.75) is 19.3 Å². The molecule has 0 aliphatic heterocycles. The SMILES string of the molecule is Nc1cccc(Cl)c1C(=O)NCCCCCO. The maximum absolute atomic E-state index is 11.8. The molecular weight excluding hydrogens is 240 g/mol. The average Bonchev–Trinajstić information content (AvgIpc) is 2.28. The van der Waals surface area contributed by atoms with Gasteiger partial charge in [-0.3, -0.25) is 4.79 Å². The van der Waals surface area contributed by atoms with E-state index in [2.05, 4.69) is 5.32 Å². The number of aliphatic hydroxyl groups excluding tert-OH is 1. The summed E-state index contributed by atoms with van der Waals surface area (Å²) in [6.07, 6.45) is 2.47. The number of benzene rings is 1. The summed E-state index contributed by atoms with van der Waals surface area (Å²) < 4.78 is 0. The number of anilines is 1. The van der Waals surface area contributed by atoms with Gasteiger partial charge in [-0.1, -0.05) is 17.7 Å². The highest BCUT2D eigenvalue weighted by Crippen LogP contribution is 2.21. The monoisotopic (exact) mass is 256 g/mol. The first kappa shape index (κ1) is 13.8. The van der Waals surface area contributed by atoms with Crippen LogP contribution in [0.1, 0.15) is 29.6 Å². The van der Waals surface area contributed by atoms with Crippen LogP contribution in [-0.4, -0.2) is 24.2 Å². The number of carbonyl (C=O) groups excluding carboxylic acids is 1. The fraction of sp³-hybridized carbons (Fsp3) is 0.417. The van der Waals surface area contributed by atoms with E-state index in [0.717, 1.165) is 19.3 Å². The molecule has 1 rings (SSSR count). The van der Waals surface area contributed by atoms with Crippen molar-refractivity contribution >= 4 is 23.2 Å². The van der Waals surface area contributed by atoms with Gasteiger partial charge in [-0.15, -0.1) is 0 Å². The number of aliphatic hydroxyl groups is 1. The average molecular weight is 257 g/mol. The van der Waals surface area contributed by atoms with E-state index in [1.54, 1.807) is 18.2 Å². The second-order valence-electron chi connectivity index (χ2n) is 3.74. The van der Waals surface area contributed by atoms with Crippen LogP contribution in [0.25, 0.3) is 0 Å². The van der Waals surface area contributed by atoms with Gasteiger partial charge in [-0.05, 0) is 31.4 Å². The van der Waals surface area contributed by atoms with Crippen LogP contribution < -0.4 is 11.1 Å². The number of unbranched alkanes of at least 4 members (excludes halogenated alkanes) is 2. The third kappa shape index (κ3) is 4.24. The van der Waals surface area contributed by atoms with Crippen molar-refractivity contribution in [2.24, 2.45) is 0 Å². The smallest absolute Gasteiger partial charge is 0.254 e. The highest BCUT2D eigenvalue weighted by atomic mass is 35.5. The van der Waals surface area contributed by atoms with Gasteiger partial charge in [-0.25, -0.2) is 0 Å². The highest BCUT2D eigenvalue weighted by molar-refractivity contribution is 6.34. The maximum atomic E-state index is 11.8. The topological polar surface area (TPSA) is 75.4 Å². The molecule has 0 bridgehead atoms. The minimum Gasteiger partial charge on any atom is -0.398 e. The molecule has 4 N–H and O–H groups in total. The number of nitrogens with two attached hydrogens (primary N) is 1. The van der Waals surface area contributed by atoms with Crippen LogP contribution in [0.15, 0.2) is 18.2 Å². The van der Waals surface area contributed by atoms with E-state index in [1.165, 1.54) is 0 Å². The minimum atomic E-state index is -0.253. The molecule has 0 unspecified atom stereocenters. The molecule has 1 amide bonds. The zero-order valence-electron chi connectivity index (χ0n) is 9.58. The predicted octanol–water partition coefficient (Wildman–Crippen LogP) is 1.81. The maximum Gasteiger partial charge on any atom is 0.254 e. The molecule has 0 aromatic heterocycles. The molecule has 0 saturated carbocycles. The summed E-state index contributed by atoms with van der Waals surface area (Å²) in [6, 6.07) is 4.99. The molecular formula is C12H17ClN2O2. The Morgan fingerprint density at radius 3 is 2.76 bits per heavy atom. The summed E-state index contributed by atoms with van der Waals surface area (Å²) in [5.74, 6) is -0.253. The molecule has 0 spiro atoms. The molecule has 0 fully saturated rings. The molecule has 0 atom stereocenters. The van der Waals surface area contributed by atoms with Gasteiger partial charge in [0.05, 0.1) is 10.6 Å². The standard InChI is InChI=1S/C12H17ClN2O2/c13-9-5-4-6-10(14)11(9)12(17)15-7-2-1-3-8-16/h4-6,16H,1-3,7-8,14H2,(H,15,17). The van der Waals surface area contributed by atoms with Gasteiger partial charge in [0.25, 0.3) is 5.91 Å². The fourth-order valence-corrected chi connectivity index (χ4v) is 1.75. The van der Waals surface area contributed by atoms with Gasteiger partial charge < -0.3 is 16.2 Å². The van der Waals surface area contributed by atoms with Crippen LogP contribution in [0, 0.1) is 0 Å². The van der Waals surface area contributed by atoms with E-state index in [0.29, 0.717) is 22.8 Å². The molecule has 0 saturated heterocycles. The second-order valence-corrected chi connectivity index (χ2v) is 4.15. The van der Waals surface area contributed by atoms with Crippen molar-refractivity contribution in [1.82, 2.24) is 5.32 Å². The van der Waals surface area contributed by atoms with Crippen molar-refractivity contribution < 1.29 is 9.90 Å². The van der Waals surface area contributed by atoms with Crippen molar-refractivity contribution in [3.8, 4) is 0 Å². The number of nitrogens with one attached hydrogen (secondary N) is 1. The number of amides is 1. The molecule has 1 aromatic carbocycles. The summed E-state index contributed by atoms with van der Waals surface area (Å²) >= 11 is 5.91. The van der Waals surface area contributed by atoms with Crippen LogP contribution >= 0.6 is 11.6 Å². The number of halogens is 1. The van der Waals surface area contributed by atoms with Crippen molar-refractivity contribution in [1.29, 1.82) is 0 Å². The number of carbonyl (C=O) groups is 1. The van der Waals surface area contributed by atoms with Crippen molar-refractivity contribution in [3.63, 3.8) is 0 Å². The van der Waals surface area contributed by atoms with Gasteiger partial charge >= 0.3 is 0 Å². The van der Waals surface area contributed by atoms with E-state index in [9.17, 15) is 4.79 Å². The minimum absolute atomic E-state index is 0.186. The molecule has 1 aromatic rings. The van der Waals surface area contributed by atoms with Gasteiger partial charge in [0.15, 0.2) is 0 Å². The summed E-state index contributed by atoms with van der Waals surface area (Å²) in [4.78, 5) is 11.8. The second kappa shape index (κ2) is 7.14. The fourth-order valence-electron chi connectivity index (χ4n) is 1.48. The Hall–Kier alpha value is -1.26. The molecule has 17 heavy (non-hydrogen) atoms. The molecule has 0 aliphatic carbocycles. The Morgan fingerprint density at radius 2 is 2.12 bits per heavy atom. The van der Waals surface area contributed by atoms with Crippen molar-refractivity contribution in [2.75, 3.05) is 18.9 Å². The number of hydrogen-bond donors (Lipinski definition) is 3. The quantitative estimate of drug-likeness (QED) is 0.537. The lowest BCUT2D eigenvalue weighted by Gasteiger charge is -2.08. The van der Waals surface area contributed by atoms with Gasteiger partial charge in [0, 0.05) is 18.8 Å². The Kier molecular flexibility index (Phi) is 5.80. The zero-order chi connectivity index (χ0) is 12.7. The molecule has 0 heterocycles. The number of nitrogen functional groups attached to an aromatic ring is 1. The van der Waals surface area contributed by atoms with Crippen LogP contribution in [0.2, 0.25) is 5.02 Å². The largest absolute Gasteiger partial charge is 0.398 e. The van der Waals surface area contributed by atoms with E-state index in [4.69, 9.17) is 22.4 Å². The predicted molar refractivity (Wildman–Crippen MR) is 69.1 cm³/mol. The first-order valence-electron chi connectivity index (χ1n) is 5.60. The summed E-state index contributed by atoms with van der Waals surface area (Å²) in [5, 5.41) is 11.7. The first-order valence-corrected chi connectivity index (χ1v) is 5.97. The van der Waals surface area contributed by atoms with E-state index in [-0.39, 0.29) is 12.5 Å². The lowest BCUT2D eigenvalue weighted by Crippen LogP contribution is -2.25. The van der Waals surface area contributed by atoms with Crippen LogP contribution in [0.5, 0.6) is 0 Å². The summed E-state index contributed by atoms with van der Waals surface area (Å²) in [5.41, 5.74) is 6.41. The lowest BCUT2D eigenvalue weighted by atomic mass is 10.1. The van der Waals surface area contributed by atoms with Gasteiger partial charge in [-0.2, -0.15) is 0 Å². The van der Waals surface area contributed by atoms with Crippen LogP contribution in [-0.2, 0) is 0 Å². The molecule has 94 valence electrons. The van der Waals surface area contributed by atoms with Gasteiger partial charge in [0.1, 0.15) is 0 Å². The first-order chi connectivity index (χ1) is 8.16. The zero-order valence-corrected chi connectivity index (χ0v) is 10.3. The van der Waals surface area contributed by atoms with Crippen LogP contribution in [0.3, 0.4) is 0 Å². The highest BCUT2D eigenvalue weighted by Gasteiger charge is 2.12. The molecule has 0 radical (unpaired) electrons. The summed E-state index contributed by atoms with van der Waals surface area (Å²) in [6.45, 7) is 0.745. The van der Waals surface area contributed by atoms with E-state index < -0.39 is 0 Å². The lowest BCUT2D eigenvalue weighted by molar-refractivity contribution is 0.0954. The number of hydrogen-bond acceptors (Lipinski definition) is 3. The molecule has 5 heteroatoms. The third-order valence-electron chi connectivity index (χ3n) is 2.39. The molecule has 0 aliphatic rings. The number of rotatable bonds is 6. The third-order valence-corrected chi connectivity index (χ3v) is 2.71. The normalized spacial score (nSPS) is 10.2. The van der Waals surface area contributed by atoms with Crippen LogP contribution in [0.4, 0.5) is 5.69 Å². The van der Waals surface area contributed by atoms with E-state index >= 15 is 0 Å². The summed E-state index contributed by atoms with van der Waals surface area (Å²) in [7, 11) is 0. The Balaban J connectivity index is 2.47. The Labute approximate surface area is 106 Å². The molecule has 4 nitrogen and oxygen atoms in total. The van der Waals surface area contributed by atoms with Gasteiger partial charge in [0.2, 0.25) is 0 Å². The van der Waals surface area contributed by atoms with E-state index in [1.807, 2.05) is 0 Å². The Morgan fingerprint density at radius 1 is 1.35 bits per heavy atom.